The summed E-state index contributed by atoms with van der Waals surface area (Å²) in [6.45, 7) is 1.96. The summed E-state index contributed by atoms with van der Waals surface area (Å²) in [7, 11) is 0. The molecule has 0 aliphatic carbocycles. The van der Waals surface area contributed by atoms with Gasteiger partial charge in [0.2, 0.25) is 0 Å². The molecule has 0 N–H and O–H groups in total. The van der Waals surface area contributed by atoms with Crippen LogP contribution in [-0.2, 0) is 25.7 Å². The first-order valence-corrected chi connectivity index (χ1v) is 8.45. The van der Waals surface area contributed by atoms with Gasteiger partial charge in [-0.2, -0.15) is 0 Å². The number of esters is 1. The molecule has 5 nitrogen and oxygen atoms in total. The Morgan fingerprint density at radius 3 is 2.44 bits per heavy atom. The van der Waals surface area contributed by atoms with E-state index in [2.05, 4.69) is 0 Å². The van der Waals surface area contributed by atoms with E-state index in [0.717, 1.165) is 17.2 Å². The lowest BCUT2D eigenvalue weighted by molar-refractivity contribution is -0.151. The average molecular weight is 362 g/mol. The summed E-state index contributed by atoms with van der Waals surface area (Å²) in [4.78, 5) is 35.8. The third-order valence-electron chi connectivity index (χ3n) is 3.98. The topological polar surface area (TPSA) is 69.7 Å². The van der Waals surface area contributed by atoms with Gasteiger partial charge in [-0.25, -0.2) is 0 Å². The fourth-order valence-electron chi connectivity index (χ4n) is 2.59. The van der Waals surface area contributed by atoms with Crippen molar-refractivity contribution < 1.29 is 23.9 Å². The van der Waals surface area contributed by atoms with Crippen molar-refractivity contribution in [1.82, 2.24) is 0 Å². The first-order chi connectivity index (χ1) is 13.0. The summed E-state index contributed by atoms with van der Waals surface area (Å²) in [6, 6.07) is 17.0. The highest BCUT2D eigenvalue weighted by Gasteiger charge is 2.36. The normalized spacial score (nSPS) is 16.8. The molecule has 0 unspecified atom stereocenters. The zero-order valence-electron chi connectivity index (χ0n) is 14.8. The molecule has 2 aromatic carbocycles. The molecule has 1 aliphatic heterocycles. The maximum absolute atomic E-state index is 12.2. The number of hydrogen-bond acceptors (Lipinski definition) is 5. The Kier molecular flexibility index (Phi) is 5.61. The van der Waals surface area contributed by atoms with E-state index in [0.29, 0.717) is 12.4 Å². The minimum Gasteiger partial charge on any atom is -0.489 e. The van der Waals surface area contributed by atoms with E-state index in [1.807, 2.05) is 30.3 Å². The van der Waals surface area contributed by atoms with Crippen LogP contribution in [0.5, 0.6) is 5.75 Å². The first-order valence-electron chi connectivity index (χ1n) is 8.45. The highest BCUT2D eigenvalue weighted by Crippen LogP contribution is 2.18. The standard InChI is InChI=1S/C22H18O5/c1-15-13-20(24)21(22(25)27-15)19(23)12-9-16-7-10-18(11-8-16)26-14-17-5-3-2-4-6-17/h2-13,21H,14H2,1H3/b12-9+/t21-/m1/s1. The third-order valence-corrected chi connectivity index (χ3v) is 3.98. The second kappa shape index (κ2) is 8.27. The van der Waals surface area contributed by atoms with Gasteiger partial charge in [0, 0.05) is 6.08 Å². The number of hydrogen-bond donors (Lipinski definition) is 0. The van der Waals surface area contributed by atoms with Crippen molar-refractivity contribution in [2.24, 2.45) is 5.92 Å². The van der Waals surface area contributed by atoms with Gasteiger partial charge in [0.1, 0.15) is 18.1 Å². The van der Waals surface area contributed by atoms with Crippen LogP contribution in [0.1, 0.15) is 18.1 Å². The van der Waals surface area contributed by atoms with Gasteiger partial charge in [-0.15, -0.1) is 0 Å². The van der Waals surface area contributed by atoms with Crippen LogP contribution in [0, 0.1) is 5.92 Å². The average Bonchev–Trinajstić information content (AvgIpc) is 2.65. The molecule has 5 heteroatoms. The molecule has 0 bridgehead atoms. The Hall–Kier alpha value is -3.47. The molecule has 0 amide bonds. The molecule has 1 atom stereocenters. The second-order valence-electron chi connectivity index (χ2n) is 6.09. The van der Waals surface area contributed by atoms with Gasteiger partial charge in [-0.05, 0) is 36.3 Å². The van der Waals surface area contributed by atoms with Crippen LogP contribution in [0.3, 0.4) is 0 Å². The lowest BCUT2D eigenvalue weighted by Crippen LogP contribution is -2.34. The smallest absolute Gasteiger partial charge is 0.329 e. The van der Waals surface area contributed by atoms with E-state index >= 15 is 0 Å². The number of ether oxygens (including phenoxy) is 2. The van der Waals surface area contributed by atoms with Gasteiger partial charge in [-0.1, -0.05) is 48.5 Å². The Balaban J connectivity index is 1.60. The molecular weight excluding hydrogens is 344 g/mol. The van der Waals surface area contributed by atoms with E-state index in [1.54, 1.807) is 30.3 Å². The fourth-order valence-corrected chi connectivity index (χ4v) is 2.59. The van der Waals surface area contributed by atoms with E-state index in [4.69, 9.17) is 9.47 Å². The third kappa shape index (κ3) is 4.79. The van der Waals surface area contributed by atoms with E-state index in [1.165, 1.54) is 13.0 Å². The van der Waals surface area contributed by atoms with Crippen LogP contribution in [0.4, 0.5) is 0 Å². The van der Waals surface area contributed by atoms with Crippen molar-refractivity contribution in [2.75, 3.05) is 0 Å². The molecule has 136 valence electrons. The molecular formula is C22H18O5. The van der Waals surface area contributed by atoms with Crippen LogP contribution in [0.2, 0.25) is 0 Å². The number of ketones is 2. The van der Waals surface area contributed by atoms with Crippen LogP contribution >= 0.6 is 0 Å². The predicted molar refractivity (Wildman–Crippen MR) is 99.6 cm³/mol. The summed E-state index contributed by atoms with van der Waals surface area (Å²) in [6.07, 6.45) is 3.93. The van der Waals surface area contributed by atoms with Gasteiger partial charge >= 0.3 is 5.97 Å². The number of cyclic esters (lactones) is 1. The number of carbonyl (C=O) groups excluding carboxylic acids is 3. The van der Waals surface area contributed by atoms with Crippen molar-refractivity contribution in [3.05, 3.63) is 83.6 Å². The fraction of sp³-hybridized carbons (Fsp3) is 0.136. The molecule has 0 spiro atoms. The Morgan fingerprint density at radius 1 is 1.07 bits per heavy atom. The van der Waals surface area contributed by atoms with Crippen LogP contribution < -0.4 is 4.74 Å². The predicted octanol–water partition coefficient (Wildman–Crippen LogP) is 3.49. The highest BCUT2D eigenvalue weighted by atomic mass is 16.5. The van der Waals surface area contributed by atoms with Crippen molar-refractivity contribution in [3.8, 4) is 5.75 Å². The van der Waals surface area contributed by atoms with Crippen LogP contribution in [0.15, 0.2) is 72.5 Å². The maximum atomic E-state index is 12.2. The van der Waals surface area contributed by atoms with Gasteiger partial charge in [-0.3, -0.25) is 14.4 Å². The molecule has 2 aromatic rings. The summed E-state index contributed by atoms with van der Waals surface area (Å²) in [5.41, 5.74) is 1.82. The van der Waals surface area contributed by atoms with Gasteiger partial charge in [0.15, 0.2) is 17.5 Å². The summed E-state index contributed by atoms with van der Waals surface area (Å²) >= 11 is 0. The van der Waals surface area contributed by atoms with Gasteiger partial charge in [0.05, 0.1) is 0 Å². The van der Waals surface area contributed by atoms with Crippen molar-refractivity contribution >= 4 is 23.6 Å². The summed E-state index contributed by atoms with van der Waals surface area (Å²) in [5, 5.41) is 0. The van der Waals surface area contributed by atoms with E-state index < -0.39 is 23.5 Å². The molecule has 1 heterocycles. The molecule has 0 saturated carbocycles. The van der Waals surface area contributed by atoms with Crippen LogP contribution in [0.25, 0.3) is 6.08 Å². The molecule has 0 fully saturated rings. The minimum atomic E-state index is -1.42. The second-order valence-corrected chi connectivity index (χ2v) is 6.09. The van der Waals surface area contributed by atoms with Crippen molar-refractivity contribution in [1.29, 1.82) is 0 Å². The molecule has 27 heavy (non-hydrogen) atoms. The zero-order valence-corrected chi connectivity index (χ0v) is 14.8. The minimum absolute atomic E-state index is 0.198. The molecule has 1 aliphatic rings. The number of rotatable bonds is 6. The van der Waals surface area contributed by atoms with E-state index in [-0.39, 0.29) is 5.76 Å². The van der Waals surface area contributed by atoms with Crippen molar-refractivity contribution in [3.63, 3.8) is 0 Å². The van der Waals surface area contributed by atoms with Crippen molar-refractivity contribution in [2.45, 2.75) is 13.5 Å². The lowest BCUT2D eigenvalue weighted by Gasteiger charge is -2.15. The number of allylic oxidation sites excluding steroid dienone is 3. The lowest BCUT2D eigenvalue weighted by atomic mass is 9.96. The molecule has 0 aromatic heterocycles. The molecule has 0 saturated heterocycles. The SMILES string of the molecule is CC1=CC(=O)[C@@H](C(=O)/C=C/c2ccc(OCc3ccccc3)cc2)C(=O)O1. The Labute approximate surface area is 156 Å². The quantitative estimate of drug-likeness (QED) is 0.447. The van der Waals surface area contributed by atoms with Crippen LogP contribution in [-0.4, -0.2) is 17.5 Å². The number of carbonyl (C=O) groups is 3. The maximum Gasteiger partial charge on any atom is 0.329 e. The summed E-state index contributed by atoms with van der Waals surface area (Å²) in [5.74, 6) is -2.50. The Bertz CT molecular complexity index is 907. The zero-order chi connectivity index (χ0) is 19.2. The van der Waals surface area contributed by atoms with Gasteiger partial charge in [0.25, 0.3) is 0 Å². The molecule has 0 radical (unpaired) electrons. The summed E-state index contributed by atoms with van der Waals surface area (Å²) < 4.78 is 10.6. The van der Waals surface area contributed by atoms with Gasteiger partial charge < -0.3 is 9.47 Å². The molecule has 3 rings (SSSR count). The first kappa shape index (κ1) is 18.3. The Morgan fingerprint density at radius 2 is 1.78 bits per heavy atom. The van der Waals surface area contributed by atoms with E-state index in [9.17, 15) is 14.4 Å². The largest absolute Gasteiger partial charge is 0.489 e. The monoisotopic (exact) mass is 362 g/mol. The highest BCUT2D eigenvalue weighted by molar-refractivity contribution is 6.25. The number of benzene rings is 2.